The number of ether oxygens (including phenoxy) is 3. The third-order valence-corrected chi connectivity index (χ3v) is 3.60. The van der Waals surface area contributed by atoms with Crippen LogP contribution in [0.2, 0.25) is 0 Å². The molecule has 1 aromatic carbocycles. The Morgan fingerprint density at radius 3 is 2.10 bits per heavy atom. The second kappa shape index (κ2) is 11.8. The van der Waals surface area contributed by atoms with Crippen LogP contribution in [0, 0.1) is 0 Å². The van der Waals surface area contributed by atoms with Gasteiger partial charge in [0, 0.05) is 13.1 Å². The third kappa shape index (κ3) is 10.2. The van der Waals surface area contributed by atoms with Crippen LogP contribution in [-0.2, 0) is 20.7 Å². The van der Waals surface area contributed by atoms with Gasteiger partial charge >= 0.3 is 6.09 Å². The molecule has 29 heavy (non-hydrogen) atoms. The van der Waals surface area contributed by atoms with Crippen molar-refractivity contribution in [2.45, 2.75) is 39.2 Å². The zero-order chi connectivity index (χ0) is 21.9. The molecular formula is C20H31N3O6. The van der Waals surface area contributed by atoms with Crippen molar-refractivity contribution in [2.75, 3.05) is 33.9 Å². The summed E-state index contributed by atoms with van der Waals surface area (Å²) in [5.74, 6) is 0.719. The lowest BCUT2D eigenvalue weighted by molar-refractivity contribution is -0.120. The number of methoxy groups -OCH3 is 2. The maximum absolute atomic E-state index is 12.0. The van der Waals surface area contributed by atoms with Crippen LogP contribution in [0.25, 0.3) is 0 Å². The predicted molar refractivity (Wildman–Crippen MR) is 108 cm³/mol. The maximum Gasteiger partial charge on any atom is 0.408 e. The number of nitrogens with one attached hydrogen (secondary N) is 3. The minimum Gasteiger partial charge on any atom is -0.493 e. The number of rotatable bonds is 10. The van der Waals surface area contributed by atoms with Crippen LogP contribution in [0.1, 0.15) is 32.8 Å². The summed E-state index contributed by atoms with van der Waals surface area (Å²) in [7, 11) is 3.09. The van der Waals surface area contributed by atoms with E-state index in [-0.39, 0.29) is 24.8 Å². The molecule has 0 radical (unpaired) electrons. The topological polar surface area (TPSA) is 115 Å². The molecule has 3 N–H and O–H groups in total. The fourth-order valence-electron chi connectivity index (χ4n) is 2.31. The third-order valence-electron chi connectivity index (χ3n) is 3.60. The van der Waals surface area contributed by atoms with Gasteiger partial charge in [-0.3, -0.25) is 9.59 Å². The lowest BCUT2D eigenvalue weighted by Crippen LogP contribution is -2.40. The van der Waals surface area contributed by atoms with Crippen molar-refractivity contribution in [3.63, 3.8) is 0 Å². The second-order valence-electron chi connectivity index (χ2n) is 7.28. The molecule has 0 heterocycles. The molecule has 1 rings (SSSR count). The number of carbonyl (C=O) groups is 3. The van der Waals surface area contributed by atoms with Crippen molar-refractivity contribution in [3.8, 4) is 11.5 Å². The second-order valence-corrected chi connectivity index (χ2v) is 7.28. The lowest BCUT2D eigenvalue weighted by atomic mass is 10.1. The molecule has 1 aromatic rings. The number of carbonyl (C=O) groups excluding carboxylic acids is 3. The van der Waals surface area contributed by atoms with Crippen molar-refractivity contribution < 1.29 is 28.6 Å². The maximum atomic E-state index is 12.0. The number of hydrogen-bond donors (Lipinski definition) is 3. The van der Waals surface area contributed by atoms with Gasteiger partial charge in [0.15, 0.2) is 11.5 Å². The van der Waals surface area contributed by atoms with Gasteiger partial charge in [-0.25, -0.2) is 4.79 Å². The summed E-state index contributed by atoms with van der Waals surface area (Å²) in [6.45, 7) is 5.86. The van der Waals surface area contributed by atoms with Crippen LogP contribution in [0.4, 0.5) is 4.79 Å². The van der Waals surface area contributed by atoms with E-state index in [4.69, 9.17) is 14.2 Å². The van der Waals surface area contributed by atoms with Gasteiger partial charge in [0.1, 0.15) is 5.60 Å². The van der Waals surface area contributed by atoms with Gasteiger partial charge in [0.05, 0.1) is 27.2 Å². The van der Waals surface area contributed by atoms with Gasteiger partial charge in [0.2, 0.25) is 11.8 Å². The smallest absolute Gasteiger partial charge is 0.408 e. The first-order valence-corrected chi connectivity index (χ1v) is 9.35. The number of hydrogen-bond acceptors (Lipinski definition) is 6. The molecule has 0 atom stereocenters. The van der Waals surface area contributed by atoms with E-state index in [0.717, 1.165) is 5.56 Å². The van der Waals surface area contributed by atoms with Crippen LogP contribution in [-0.4, -0.2) is 57.4 Å². The van der Waals surface area contributed by atoms with Crippen LogP contribution in [0.5, 0.6) is 11.5 Å². The zero-order valence-electron chi connectivity index (χ0n) is 17.7. The minimum atomic E-state index is -0.643. The van der Waals surface area contributed by atoms with E-state index in [1.807, 2.05) is 0 Å². The molecule has 9 nitrogen and oxygen atoms in total. The molecular weight excluding hydrogens is 378 g/mol. The average molecular weight is 409 g/mol. The Morgan fingerprint density at radius 1 is 0.897 bits per heavy atom. The van der Waals surface area contributed by atoms with E-state index in [1.165, 1.54) is 0 Å². The molecule has 0 aromatic heterocycles. The molecule has 0 unspecified atom stereocenters. The largest absolute Gasteiger partial charge is 0.493 e. The van der Waals surface area contributed by atoms with Crippen LogP contribution >= 0.6 is 0 Å². The number of alkyl carbamates (subject to hydrolysis) is 1. The molecule has 0 saturated heterocycles. The summed E-state index contributed by atoms with van der Waals surface area (Å²) in [6, 6.07) is 5.32. The number of benzene rings is 1. The summed E-state index contributed by atoms with van der Waals surface area (Å²) in [6.07, 6.45) is 0.137. The van der Waals surface area contributed by atoms with Gasteiger partial charge < -0.3 is 30.2 Å². The Hall–Kier alpha value is -2.97. The molecule has 0 spiro atoms. The van der Waals surface area contributed by atoms with Crippen molar-refractivity contribution in [1.29, 1.82) is 0 Å². The minimum absolute atomic E-state index is 0.130. The lowest BCUT2D eigenvalue weighted by Gasteiger charge is -2.19. The van der Waals surface area contributed by atoms with E-state index in [1.54, 1.807) is 53.2 Å². The van der Waals surface area contributed by atoms with Gasteiger partial charge in [-0.1, -0.05) is 6.07 Å². The van der Waals surface area contributed by atoms with E-state index >= 15 is 0 Å². The summed E-state index contributed by atoms with van der Waals surface area (Å²) in [4.78, 5) is 35.2. The highest BCUT2D eigenvalue weighted by atomic mass is 16.6. The molecule has 9 heteroatoms. The van der Waals surface area contributed by atoms with E-state index in [2.05, 4.69) is 16.0 Å². The molecule has 0 fully saturated rings. The van der Waals surface area contributed by atoms with Crippen molar-refractivity contribution in [3.05, 3.63) is 23.8 Å². The predicted octanol–water partition coefficient (Wildman–Crippen LogP) is 1.39. The molecule has 0 aliphatic heterocycles. The highest BCUT2D eigenvalue weighted by Crippen LogP contribution is 2.27. The summed E-state index contributed by atoms with van der Waals surface area (Å²) >= 11 is 0. The van der Waals surface area contributed by atoms with Crippen LogP contribution in [0.15, 0.2) is 18.2 Å². The average Bonchev–Trinajstić information content (AvgIpc) is 2.64. The zero-order valence-corrected chi connectivity index (χ0v) is 17.7. The highest BCUT2D eigenvalue weighted by Gasteiger charge is 2.16. The summed E-state index contributed by atoms with van der Waals surface area (Å²) < 4.78 is 15.4. The number of amides is 3. The van der Waals surface area contributed by atoms with E-state index in [0.29, 0.717) is 31.0 Å². The molecule has 0 bridgehead atoms. The first-order valence-electron chi connectivity index (χ1n) is 9.35. The Kier molecular flexibility index (Phi) is 9.78. The van der Waals surface area contributed by atoms with Gasteiger partial charge in [-0.05, 0) is 44.9 Å². The molecule has 162 valence electrons. The summed E-state index contributed by atoms with van der Waals surface area (Å²) in [5, 5.41) is 7.84. The highest BCUT2D eigenvalue weighted by molar-refractivity contribution is 5.82. The normalized spacial score (nSPS) is 10.7. The fourth-order valence-corrected chi connectivity index (χ4v) is 2.31. The van der Waals surface area contributed by atoms with Crippen LogP contribution < -0.4 is 25.4 Å². The van der Waals surface area contributed by atoms with E-state index < -0.39 is 11.7 Å². The molecule has 0 saturated carbocycles. The van der Waals surface area contributed by atoms with Gasteiger partial charge in [-0.2, -0.15) is 0 Å². The standard InChI is InChI=1S/C20H31N3O6/c1-20(2,3)29-19(26)23-13-18(25)22-10-6-9-21-17(24)12-14-7-8-15(27-4)16(11-14)28-5/h7-8,11H,6,9-10,12-13H2,1-5H3,(H,21,24)(H,22,25)(H,23,26). The Balaban J connectivity index is 2.20. The van der Waals surface area contributed by atoms with Crippen LogP contribution in [0.3, 0.4) is 0 Å². The summed E-state index contributed by atoms with van der Waals surface area (Å²) in [5.41, 5.74) is 0.192. The Labute approximate surface area is 171 Å². The van der Waals surface area contributed by atoms with Gasteiger partial charge in [-0.15, -0.1) is 0 Å². The van der Waals surface area contributed by atoms with Crippen molar-refractivity contribution >= 4 is 17.9 Å². The SMILES string of the molecule is COc1ccc(CC(=O)NCCCNC(=O)CNC(=O)OC(C)(C)C)cc1OC. The first kappa shape index (κ1) is 24.1. The van der Waals surface area contributed by atoms with E-state index in [9.17, 15) is 14.4 Å². The van der Waals surface area contributed by atoms with Crippen molar-refractivity contribution in [2.24, 2.45) is 0 Å². The monoisotopic (exact) mass is 409 g/mol. The van der Waals surface area contributed by atoms with Gasteiger partial charge in [0.25, 0.3) is 0 Å². The Morgan fingerprint density at radius 2 is 1.52 bits per heavy atom. The molecule has 3 amide bonds. The molecule has 0 aliphatic carbocycles. The van der Waals surface area contributed by atoms with Crippen molar-refractivity contribution in [1.82, 2.24) is 16.0 Å². The fraction of sp³-hybridized carbons (Fsp3) is 0.550. The Bertz CT molecular complexity index is 700. The first-order chi connectivity index (χ1) is 13.6. The molecule has 0 aliphatic rings. The quantitative estimate of drug-likeness (QED) is 0.503.